The SMILES string of the molecule is Cc1csc(SC(C)C(=O)Nc2ccc([N+](=O)[O-])cc2Cl)n1. The van der Waals surface area contributed by atoms with Gasteiger partial charge in [-0.15, -0.1) is 11.3 Å². The molecule has 1 heterocycles. The molecule has 0 fully saturated rings. The van der Waals surface area contributed by atoms with Crippen LogP contribution >= 0.6 is 34.7 Å². The van der Waals surface area contributed by atoms with Gasteiger partial charge in [0, 0.05) is 23.2 Å². The molecule has 9 heteroatoms. The van der Waals surface area contributed by atoms with Gasteiger partial charge in [-0.1, -0.05) is 23.4 Å². The van der Waals surface area contributed by atoms with Crippen LogP contribution in [0.2, 0.25) is 5.02 Å². The second-order valence-electron chi connectivity index (χ2n) is 4.43. The summed E-state index contributed by atoms with van der Waals surface area (Å²) in [7, 11) is 0. The number of anilines is 1. The Labute approximate surface area is 140 Å². The zero-order valence-electron chi connectivity index (χ0n) is 11.7. The zero-order valence-corrected chi connectivity index (χ0v) is 14.1. The van der Waals surface area contributed by atoms with E-state index in [1.54, 1.807) is 6.92 Å². The molecule has 116 valence electrons. The molecule has 6 nitrogen and oxygen atoms in total. The molecule has 1 N–H and O–H groups in total. The fourth-order valence-electron chi connectivity index (χ4n) is 1.54. The lowest BCUT2D eigenvalue weighted by atomic mass is 10.2. The maximum atomic E-state index is 12.1. The summed E-state index contributed by atoms with van der Waals surface area (Å²) < 4.78 is 0.815. The van der Waals surface area contributed by atoms with Crippen molar-refractivity contribution in [1.82, 2.24) is 4.98 Å². The molecule has 0 aliphatic rings. The third kappa shape index (κ3) is 4.19. The summed E-state index contributed by atoms with van der Waals surface area (Å²) >= 11 is 8.78. The number of benzene rings is 1. The minimum absolute atomic E-state index is 0.122. The first kappa shape index (κ1) is 16.7. The van der Waals surface area contributed by atoms with E-state index in [4.69, 9.17) is 11.6 Å². The molecular formula is C13H12ClN3O3S2. The van der Waals surface area contributed by atoms with Crippen molar-refractivity contribution in [1.29, 1.82) is 0 Å². The van der Waals surface area contributed by atoms with E-state index in [9.17, 15) is 14.9 Å². The van der Waals surface area contributed by atoms with Crippen molar-refractivity contribution in [3.63, 3.8) is 0 Å². The molecule has 0 aliphatic heterocycles. The number of non-ortho nitro benzene ring substituents is 1. The molecule has 1 aromatic heterocycles. The van der Waals surface area contributed by atoms with Gasteiger partial charge in [-0.3, -0.25) is 14.9 Å². The third-order valence-corrected chi connectivity index (χ3v) is 5.17. The van der Waals surface area contributed by atoms with Gasteiger partial charge < -0.3 is 5.32 Å². The number of hydrogen-bond donors (Lipinski definition) is 1. The number of rotatable bonds is 5. The Morgan fingerprint density at radius 3 is 2.82 bits per heavy atom. The Morgan fingerprint density at radius 2 is 2.27 bits per heavy atom. The summed E-state index contributed by atoms with van der Waals surface area (Å²) in [5.41, 5.74) is 1.14. The van der Waals surface area contributed by atoms with Crippen LogP contribution in [0.5, 0.6) is 0 Å². The molecule has 2 rings (SSSR count). The monoisotopic (exact) mass is 357 g/mol. The van der Waals surface area contributed by atoms with E-state index in [2.05, 4.69) is 10.3 Å². The molecule has 0 radical (unpaired) electrons. The highest BCUT2D eigenvalue weighted by Crippen LogP contribution is 2.30. The molecule has 1 unspecified atom stereocenters. The van der Waals surface area contributed by atoms with E-state index in [1.165, 1.54) is 41.3 Å². The molecule has 0 saturated carbocycles. The Bertz CT molecular complexity index is 720. The molecule has 0 bridgehead atoms. The lowest BCUT2D eigenvalue weighted by Gasteiger charge is -2.11. The van der Waals surface area contributed by atoms with Crippen LogP contribution in [0.15, 0.2) is 27.9 Å². The number of carbonyl (C=O) groups excluding carboxylic acids is 1. The first-order valence-corrected chi connectivity index (χ1v) is 8.34. The Hall–Kier alpha value is -1.64. The summed E-state index contributed by atoms with van der Waals surface area (Å²) in [6.45, 7) is 3.65. The number of amides is 1. The first-order chi connectivity index (χ1) is 10.4. The van der Waals surface area contributed by atoms with Gasteiger partial charge in [-0.2, -0.15) is 0 Å². The van der Waals surface area contributed by atoms with Crippen LogP contribution < -0.4 is 5.32 Å². The van der Waals surface area contributed by atoms with Crippen molar-refractivity contribution < 1.29 is 9.72 Å². The van der Waals surface area contributed by atoms with Crippen LogP contribution in [-0.4, -0.2) is 21.1 Å². The van der Waals surface area contributed by atoms with Gasteiger partial charge in [-0.25, -0.2) is 4.98 Å². The average Bonchev–Trinajstić information content (AvgIpc) is 2.85. The van der Waals surface area contributed by atoms with Crippen LogP contribution in [0.25, 0.3) is 0 Å². The van der Waals surface area contributed by atoms with Gasteiger partial charge in [0.05, 0.1) is 20.9 Å². The molecule has 1 amide bonds. The number of aromatic nitrogens is 1. The predicted molar refractivity (Wildman–Crippen MR) is 88.9 cm³/mol. The second kappa shape index (κ2) is 7.08. The number of halogens is 1. The number of thiazole rings is 1. The fourth-order valence-corrected chi connectivity index (χ4v) is 3.75. The Kier molecular flexibility index (Phi) is 5.38. The summed E-state index contributed by atoms with van der Waals surface area (Å²) in [4.78, 5) is 26.5. The fraction of sp³-hybridized carbons (Fsp3) is 0.231. The van der Waals surface area contributed by atoms with Crippen molar-refractivity contribution in [2.75, 3.05) is 5.32 Å². The smallest absolute Gasteiger partial charge is 0.271 e. The number of nitro groups is 1. The van der Waals surface area contributed by atoms with Crippen LogP contribution in [0.4, 0.5) is 11.4 Å². The number of carbonyl (C=O) groups is 1. The highest BCUT2D eigenvalue weighted by Gasteiger charge is 2.18. The van der Waals surface area contributed by atoms with E-state index in [-0.39, 0.29) is 21.9 Å². The summed E-state index contributed by atoms with van der Waals surface area (Å²) in [6.07, 6.45) is 0. The highest BCUT2D eigenvalue weighted by atomic mass is 35.5. The lowest BCUT2D eigenvalue weighted by Crippen LogP contribution is -2.22. The van der Waals surface area contributed by atoms with Crippen molar-refractivity contribution in [2.45, 2.75) is 23.4 Å². The predicted octanol–water partition coefficient (Wildman–Crippen LogP) is 4.13. The molecule has 0 saturated heterocycles. The number of hydrogen-bond acceptors (Lipinski definition) is 6. The van der Waals surface area contributed by atoms with Crippen LogP contribution in [0, 0.1) is 17.0 Å². The quantitative estimate of drug-likeness (QED) is 0.494. The molecule has 22 heavy (non-hydrogen) atoms. The van der Waals surface area contributed by atoms with Crippen molar-refractivity contribution >= 4 is 52.0 Å². The third-order valence-electron chi connectivity index (χ3n) is 2.67. The number of nitro benzene ring substituents is 1. The number of nitrogens with one attached hydrogen (secondary N) is 1. The first-order valence-electron chi connectivity index (χ1n) is 6.20. The van der Waals surface area contributed by atoms with Gasteiger partial charge >= 0.3 is 0 Å². The number of aryl methyl sites for hydroxylation is 1. The van der Waals surface area contributed by atoms with E-state index < -0.39 is 4.92 Å². The van der Waals surface area contributed by atoms with Crippen LogP contribution in [0.3, 0.4) is 0 Å². The topological polar surface area (TPSA) is 85.1 Å². The zero-order chi connectivity index (χ0) is 16.3. The molecule has 0 spiro atoms. The molecule has 2 aromatic rings. The van der Waals surface area contributed by atoms with Gasteiger partial charge in [-0.05, 0) is 19.9 Å². The van der Waals surface area contributed by atoms with E-state index >= 15 is 0 Å². The van der Waals surface area contributed by atoms with Gasteiger partial charge in [0.15, 0.2) is 4.34 Å². The van der Waals surface area contributed by atoms with Gasteiger partial charge in [0.2, 0.25) is 5.91 Å². The average molecular weight is 358 g/mol. The highest BCUT2D eigenvalue weighted by molar-refractivity contribution is 8.02. The normalized spacial score (nSPS) is 12.0. The van der Waals surface area contributed by atoms with E-state index in [1.807, 2.05) is 12.3 Å². The van der Waals surface area contributed by atoms with Crippen molar-refractivity contribution in [3.8, 4) is 0 Å². The Balaban J connectivity index is 2.03. The largest absolute Gasteiger partial charge is 0.324 e. The summed E-state index contributed by atoms with van der Waals surface area (Å²) in [5.74, 6) is -0.242. The summed E-state index contributed by atoms with van der Waals surface area (Å²) in [5, 5.41) is 15.0. The standard InChI is InChI=1S/C13H12ClN3O3S2/c1-7-6-21-13(15-7)22-8(2)12(18)16-11-4-3-9(17(19)20)5-10(11)14/h3-6,8H,1-2H3,(H,16,18). The molecule has 0 aliphatic carbocycles. The van der Waals surface area contributed by atoms with Crippen molar-refractivity contribution in [3.05, 3.63) is 44.4 Å². The van der Waals surface area contributed by atoms with Crippen LogP contribution in [0.1, 0.15) is 12.6 Å². The van der Waals surface area contributed by atoms with E-state index in [0.717, 1.165) is 10.0 Å². The molecule has 1 aromatic carbocycles. The molecule has 1 atom stereocenters. The maximum absolute atomic E-state index is 12.1. The minimum atomic E-state index is -0.541. The number of thioether (sulfide) groups is 1. The summed E-state index contributed by atoms with van der Waals surface area (Å²) in [6, 6.07) is 3.92. The van der Waals surface area contributed by atoms with Crippen molar-refractivity contribution in [2.24, 2.45) is 0 Å². The maximum Gasteiger partial charge on any atom is 0.271 e. The Morgan fingerprint density at radius 1 is 1.55 bits per heavy atom. The molecular weight excluding hydrogens is 346 g/mol. The van der Waals surface area contributed by atoms with Gasteiger partial charge in [0.1, 0.15) is 0 Å². The van der Waals surface area contributed by atoms with Gasteiger partial charge in [0.25, 0.3) is 5.69 Å². The number of nitrogens with zero attached hydrogens (tertiary/aromatic N) is 2. The van der Waals surface area contributed by atoms with Crippen LogP contribution in [-0.2, 0) is 4.79 Å². The lowest BCUT2D eigenvalue weighted by molar-refractivity contribution is -0.384. The second-order valence-corrected chi connectivity index (χ2v) is 7.28. The minimum Gasteiger partial charge on any atom is -0.324 e. The van der Waals surface area contributed by atoms with E-state index in [0.29, 0.717) is 5.69 Å².